The molecule has 3 aromatic heterocycles. The van der Waals surface area contributed by atoms with Gasteiger partial charge in [-0.1, -0.05) is 6.07 Å². The number of H-pyrrole nitrogens is 1. The van der Waals surface area contributed by atoms with E-state index in [0.29, 0.717) is 12.5 Å². The number of fused-ring (bicyclic) bond motifs is 1. The SMILES string of the molecule is Fc1cnc(Nc2ccc3[nH]ncc3c2)nc1NCc1ccccn1. The van der Waals surface area contributed by atoms with Gasteiger partial charge in [0.1, 0.15) is 0 Å². The van der Waals surface area contributed by atoms with Gasteiger partial charge >= 0.3 is 0 Å². The molecule has 124 valence electrons. The average molecular weight is 335 g/mol. The Hall–Kier alpha value is -3.55. The summed E-state index contributed by atoms with van der Waals surface area (Å²) in [6.45, 7) is 0.370. The van der Waals surface area contributed by atoms with Crippen molar-refractivity contribution < 1.29 is 4.39 Å². The molecule has 0 saturated heterocycles. The Kier molecular flexibility index (Phi) is 3.91. The highest BCUT2D eigenvalue weighted by Gasteiger charge is 2.08. The Balaban J connectivity index is 1.52. The summed E-state index contributed by atoms with van der Waals surface area (Å²) in [6, 6.07) is 11.2. The van der Waals surface area contributed by atoms with Crippen molar-refractivity contribution in [1.82, 2.24) is 25.1 Å². The van der Waals surface area contributed by atoms with Crippen LogP contribution in [0.1, 0.15) is 5.69 Å². The highest BCUT2D eigenvalue weighted by Crippen LogP contribution is 2.20. The van der Waals surface area contributed by atoms with E-state index >= 15 is 0 Å². The molecule has 0 saturated carbocycles. The molecule has 4 rings (SSSR count). The van der Waals surface area contributed by atoms with E-state index in [1.807, 2.05) is 36.4 Å². The predicted octanol–water partition coefficient (Wildman–Crippen LogP) is 3.24. The van der Waals surface area contributed by atoms with E-state index in [-0.39, 0.29) is 5.82 Å². The van der Waals surface area contributed by atoms with Crippen molar-refractivity contribution in [1.29, 1.82) is 0 Å². The number of halogens is 1. The molecule has 0 aliphatic carbocycles. The van der Waals surface area contributed by atoms with Crippen molar-refractivity contribution in [3.63, 3.8) is 0 Å². The number of rotatable bonds is 5. The van der Waals surface area contributed by atoms with Crippen LogP contribution < -0.4 is 10.6 Å². The van der Waals surface area contributed by atoms with E-state index < -0.39 is 5.82 Å². The first-order valence-electron chi connectivity index (χ1n) is 7.64. The van der Waals surface area contributed by atoms with Gasteiger partial charge in [0.25, 0.3) is 0 Å². The number of nitrogens with zero attached hydrogens (tertiary/aromatic N) is 4. The Morgan fingerprint density at radius 2 is 2.04 bits per heavy atom. The fraction of sp³-hybridized carbons (Fsp3) is 0.0588. The van der Waals surface area contributed by atoms with Crippen LogP contribution in [-0.2, 0) is 6.54 Å². The number of pyridine rings is 1. The Bertz CT molecular complexity index is 1000. The van der Waals surface area contributed by atoms with Gasteiger partial charge in [-0.3, -0.25) is 10.1 Å². The standard InChI is InChI=1S/C17H14FN7/c18-14-10-21-17(23-12-4-5-15-11(7-12)8-22-25-15)24-16(14)20-9-13-3-1-2-6-19-13/h1-8,10H,9H2,(H,22,25)(H2,20,21,23,24). The first kappa shape index (κ1) is 15.0. The van der Waals surface area contributed by atoms with E-state index in [1.165, 1.54) is 0 Å². The summed E-state index contributed by atoms with van der Waals surface area (Å²) >= 11 is 0. The maximum Gasteiger partial charge on any atom is 0.229 e. The van der Waals surface area contributed by atoms with Gasteiger partial charge in [-0.25, -0.2) is 9.37 Å². The second-order valence-electron chi connectivity index (χ2n) is 5.36. The molecule has 1 aromatic carbocycles. The molecule has 3 heterocycles. The molecule has 0 atom stereocenters. The van der Waals surface area contributed by atoms with Gasteiger partial charge in [0, 0.05) is 17.3 Å². The third kappa shape index (κ3) is 3.37. The van der Waals surface area contributed by atoms with E-state index in [4.69, 9.17) is 0 Å². The van der Waals surface area contributed by atoms with Gasteiger partial charge in [0.15, 0.2) is 11.6 Å². The van der Waals surface area contributed by atoms with Crippen LogP contribution in [0.4, 0.5) is 21.8 Å². The monoisotopic (exact) mass is 335 g/mol. The van der Waals surface area contributed by atoms with Crippen molar-refractivity contribution in [2.24, 2.45) is 0 Å². The van der Waals surface area contributed by atoms with E-state index in [2.05, 4.69) is 35.8 Å². The maximum absolute atomic E-state index is 13.9. The summed E-state index contributed by atoms with van der Waals surface area (Å²) in [4.78, 5) is 12.4. The minimum absolute atomic E-state index is 0.118. The largest absolute Gasteiger partial charge is 0.362 e. The molecule has 8 heteroatoms. The van der Waals surface area contributed by atoms with Gasteiger partial charge in [-0.05, 0) is 30.3 Å². The van der Waals surface area contributed by atoms with E-state index in [0.717, 1.165) is 28.5 Å². The molecule has 0 unspecified atom stereocenters. The Labute approximate surface area is 142 Å². The van der Waals surface area contributed by atoms with Gasteiger partial charge in [-0.15, -0.1) is 0 Å². The summed E-state index contributed by atoms with van der Waals surface area (Å²) in [7, 11) is 0. The van der Waals surface area contributed by atoms with Gasteiger partial charge in [-0.2, -0.15) is 10.1 Å². The van der Waals surface area contributed by atoms with Crippen LogP contribution in [0.3, 0.4) is 0 Å². The van der Waals surface area contributed by atoms with E-state index in [1.54, 1.807) is 12.4 Å². The molecular formula is C17H14FN7. The highest BCUT2D eigenvalue weighted by atomic mass is 19.1. The molecule has 3 N–H and O–H groups in total. The van der Waals surface area contributed by atoms with Crippen LogP contribution in [0, 0.1) is 5.82 Å². The number of anilines is 3. The lowest BCUT2D eigenvalue weighted by Gasteiger charge is -2.09. The van der Waals surface area contributed by atoms with Crippen molar-refractivity contribution >= 4 is 28.4 Å². The van der Waals surface area contributed by atoms with Crippen LogP contribution in [0.5, 0.6) is 0 Å². The van der Waals surface area contributed by atoms with Gasteiger partial charge in [0.2, 0.25) is 5.95 Å². The molecule has 0 spiro atoms. The number of aromatic amines is 1. The number of nitrogens with one attached hydrogen (secondary N) is 3. The first-order chi connectivity index (χ1) is 12.3. The first-order valence-corrected chi connectivity index (χ1v) is 7.64. The van der Waals surface area contributed by atoms with Crippen molar-refractivity contribution in [3.8, 4) is 0 Å². The predicted molar refractivity (Wildman–Crippen MR) is 92.9 cm³/mol. The molecule has 4 aromatic rings. The van der Waals surface area contributed by atoms with Gasteiger partial charge < -0.3 is 10.6 Å². The Morgan fingerprint density at radius 3 is 2.92 bits per heavy atom. The fourth-order valence-corrected chi connectivity index (χ4v) is 2.38. The Morgan fingerprint density at radius 1 is 1.08 bits per heavy atom. The highest BCUT2D eigenvalue weighted by molar-refractivity contribution is 5.82. The molecule has 0 amide bonds. The second-order valence-corrected chi connectivity index (χ2v) is 5.36. The molecule has 25 heavy (non-hydrogen) atoms. The minimum Gasteiger partial charge on any atom is -0.362 e. The smallest absolute Gasteiger partial charge is 0.229 e. The maximum atomic E-state index is 13.9. The number of hydrogen-bond acceptors (Lipinski definition) is 6. The lowest BCUT2D eigenvalue weighted by Crippen LogP contribution is -2.07. The summed E-state index contributed by atoms with van der Waals surface area (Å²) in [5.41, 5.74) is 2.51. The molecule has 0 radical (unpaired) electrons. The van der Waals surface area contributed by atoms with Crippen molar-refractivity contribution in [3.05, 3.63) is 66.5 Å². The third-order valence-electron chi connectivity index (χ3n) is 3.60. The summed E-state index contributed by atoms with van der Waals surface area (Å²) < 4.78 is 13.9. The molecule has 0 aliphatic rings. The van der Waals surface area contributed by atoms with Crippen LogP contribution in [0.25, 0.3) is 10.9 Å². The van der Waals surface area contributed by atoms with Crippen LogP contribution in [0.2, 0.25) is 0 Å². The zero-order chi connectivity index (χ0) is 17.1. The van der Waals surface area contributed by atoms with Gasteiger partial charge in [0.05, 0.1) is 30.1 Å². The number of benzene rings is 1. The minimum atomic E-state index is -0.522. The molecule has 0 fully saturated rings. The van der Waals surface area contributed by atoms with Crippen LogP contribution >= 0.6 is 0 Å². The zero-order valence-corrected chi connectivity index (χ0v) is 13.1. The van der Waals surface area contributed by atoms with Crippen LogP contribution in [-0.4, -0.2) is 25.1 Å². The van der Waals surface area contributed by atoms with Crippen LogP contribution in [0.15, 0.2) is 55.0 Å². The van der Waals surface area contributed by atoms with Crippen molar-refractivity contribution in [2.75, 3.05) is 10.6 Å². The second kappa shape index (κ2) is 6.52. The molecule has 7 nitrogen and oxygen atoms in total. The molecule has 0 aliphatic heterocycles. The molecule has 0 bridgehead atoms. The van der Waals surface area contributed by atoms with E-state index in [9.17, 15) is 4.39 Å². The van der Waals surface area contributed by atoms with Crippen molar-refractivity contribution in [2.45, 2.75) is 6.54 Å². The number of aromatic nitrogens is 5. The lowest BCUT2D eigenvalue weighted by molar-refractivity contribution is 0.617. The average Bonchev–Trinajstić information content (AvgIpc) is 3.11. The topological polar surface area (TPSA) is 91.4 Å². The lowest BCUT2D eigenvalue weighted by atomic mass is 10.2. The third-order valence-corrected chi connectivity index (χ3v) is 3.60. The summed E-state index contributed by atoms with van der Waals surface area (Å²) in [5, 5.41) is 13.8. The normalized spacial score (nSPS) is 10.8. The summed E-state index contributed by atoms with van der Waals surface area (Å²) in [5.74, 6) is -0.105. The fourth-order valence-electron chi connectivity index (χ4n) is 2.38. The molecular weight excluding hydrogens is 321 g/mol. The summed E-state index contributed by atoms with van der Waals surface area (Å²) in [6.07, 6.45) is 4.55. The quantitative estimate of drug-likeness (QED) is 0.519. The number of hydrogen-bond donors (Lipinski definition) is 3. The zero-order valence-electron chi connectivity index (χ0n) is 13.1.